The number of nitrogens with zero attached hydrogens (tertiary/aromatic N) is 2. The van der Waals surface area contributed by atoms with Gasteiger partial charge in [-0.15, -0.1) is 0 Å². The van der Waals surface area contributed by atoms with Crippen molar-refractivity contribution in [2.75, 3.05) is 5.32 Å². The van der Waals surface area contributed by atoms with Crippen LogP contribution in [0.25, 0.3) is 0 Å². The van der Waals surface area contributed by atoms with Gasteiger partial charge in [-0.2, -0.15) is 5.10 Å². The van der Waals surface area contributed by atoms with Crippen molar-refractivity contribution in [2.45, 2.75) is 13.5 Å². The van der Waals surface area contributed by atoms with E-state index in [0.717, 1.165) is 5.56 Å². The molecule has 0 saturated carbocycles. The molecular weight excluding hydrogens is 364 g/mol. The van der Waals surface area contributed by atoms with Gasteiger partial charge in [0.25, 0.3) is 5.91 Å². The van der Waals surface area contributed by atoms with Gasteiger partial charge in [-0.25, -0.2) is 4.39 Å². The summed E-state index contributed by atoms with van der Waals surface area (Å²) < 4.78 is 15.3. The molecule has 25 heavy (non-hydrogen) atoms. The Hall–Kier alpha value is -2.37. The van der Waals surface area contributed by atoms with Crippen LogP contribution >= 0.6 is 23.2 Å². The summed E-state index contributed by atoms with van der Waals surface area (Å²) in [6, 6.07) is 11.7. The van der Waals surface area contributed by atoms with E-state index in [0.29, 0.717) is 16.1 Å². The Labute approximate surface area is 154 Å². The molecule has 0 radical (unpaired) electrons. The smallest absolute Gasteiger partial charge is 0.257 e. The maximum absolute atomic E-state index is 13.9. The third-order valence-electron chi connectivity index (χ3n) is 3.72. The van der Waals surface area contributed by atoms with Gasteiger partial charge in [-0.05, 0) is 30.7 Å². The topological polar surface area (TPSA) is 46.9 Å². The van der Waals surface area contributed by atoms with Gasteiger partial charge >= 0.3 is 0 Å². The summed E-state index contributed by atoms with van der Waals surface area (Å²) in [7, 11) is 0. The zero-order chi connectivity index (χ0) is 18.0. The molecule has 0 atom stereocenters. The minimum absolute atomic E-state index is 0.103. The van der Waals surface area contributed by atoms with E-state index < -0.39 is 5.82 Å². The molecule has 0 aliphatic carbocycles. The van der Waals surface area contributed by atoms with E-state index in [4.69, 9.17) is 23.2 Å². The van der Waals surface area contributed by atoms with Gasteiger partial charge in [0.2, 0.25) is 0 Å². The SMILES string of the molecule is Cc1ccccc1C(=O)Nc1nn(Cc2c(F)cccc2Cl)cc1Cl. The lowest BCUT2D eigenvalue weighted by atomic mass is 10.1. The Morgan fingerprint density at radius 3 is 2.64 bits per heavy atom. The quantitative estimate of drug-likeness (QED) is 0.699. The summed E-state index contributed by atoms with van der Waals surface area (Å²) >= 11 is 12.2. The van der Waals surface area contributed by atoms with Gasteiger partial charge in [-0.3, -0.25) is 9.48 Å². The summed E-state index contributed by atoms with van der Waals surface area (Å²) in [4.78, 5) is 12.4. The monoisotopic (exact) mass is 377 g/mol. The van der Waals surface area contributed by atoms with Gasteiger partial charge in [0.1, 0.15) is 10.8 Å². The van der Waals surface area contributed by atoms with Crippen LogP contribution in [0.15, 0.2) is 48.7 Å². The van der Waals surface area contributed by atoms with E-state index in [1.54, 1.807) is 18.2 Å². The van der Waals surface area contributed by atoms with Crippen LogP contribution in [0.5, 0.6) is 0 Å². The Kier molecular flexibility index (Phi) is 5.06. The number of hydrogen-bond donors (Lipinski definition) is 1. The highest BCUT2D eigenvalue weighted by atomic mass is 35.5. The number of amides is 1. The Morgan fingerprint density at radius 1 is 1.16 bits per heavy atom. The number of halogens is 3. The molecule has 0 saturated heterocycles. The lowest BCUT2D eigenvalue weighted by molar-refractivity contribution is 0.102. The van der Waals surface area contributed by atoms with Crippen molar-refractivity contribution in [3.05, 3.63) is 81.2 Å². The first-order valence-electron chi connectivity index (χ1n) is 7.48. The van der Waals surface area contributed by atoms with Gasteiger partial charge in [0, 0.05) is 22.3 Å². The molecule has 3 rings (SSSR count). The average Bonchev–Trinajstić information content (AvgIpc) is 2.91. The largest absolute Gasteiger partial charge is 0.304 e. The van der Waals surface area contributed by atoms with E-state index in [1.165, 1.54) is 23.0 Å². The maximum Gasteiger partial charge on any atom is 0.257 e. The van der Waals surface area contributed by atoms with E-state index in [9.17, 15) is 9.18 Å². The number of rotatable bonds is 4. The summed E-state index contributed by atoms with van der Waals surface area (Å²) in [5.41, 5.74) is 1.68. The van der Waals surface area contributed by atoms with E-state index in [-0.39, 0.29) is 23.3 Å². The normalized spacial score (nSPS) is 10.7. The highest BCUT2D eigenvalue weighted by Crippen LogP contribution is 2.24. The minimum Gasteiger partial charge on any atom is -0.304 e. The molecule has 7 heteroatoms. The first kappa shape index (κ1) is 17.5. The van der Waals surface area contributed by atoms with Crippen LogP contribution in [0.1, 0.15) is 21.5 Å². The lowest BCUT2D eigenvalue weighted by Crippen LogP contribution is -2.14. The molecular formula is C18H14Cl2FN3O. The summed E-state index contributed by atoms with van der Waals surface area (Å²) in [5.74, 6) is -0.527. The van der Waals surface area contributed by atoms with Crippen LogP contribution in [-0.2, 0) is 6.54 Å². The van der Waals surface area contributed by atoms with Crippen LogP contribution in [0.4, 0.5) is 10.2 Å². The second kappa shape index (κ2) is 7.25. The zero-order valence-corrected chi connectivity index (χ0v) is 14.8. The van der Waals surface area contributed by atoms with Crippen LogP contribution < -0.4 is 5.32 Å². The van der Waals surface area contributed by atoms with Crippen molar-refractivity contribution < 1.29 is 9.18 Å². The predicted molar refractivity (Wildman–Crippen MR) is 96.9 cm³/mol. The number of hydrogen-bond acceptors (Lipinski definition) is 2. The molecule has 0 aliphatic rings. The van der Waals surface area contributed by atoms with E-state index in [1.807, 2.05) is 19.1 Å². The standard InChI is InChI=1S/C18H14Cl2FN3O/c1-11-5-2-3-6-12(11)18(25)22-17-15(20)10-24(23-17)9-13-14(19)7-4-8-16(13)21/h2-8,10H,9H2,1H3,(H,22,23,25). The molecule has 0 aliphatic heterocycles. The van der Waals surface area contributed by atoms with Crippen molar-refractivity contribution in [3.8, 4) is 0 Å². The molecule has 0 bridgehead atoms. The lowest BCUT2D eigenvalue weighted by Gasteiger charge is -2.07. The molecule has 0 spiro atoms. The van der Waals surface area contributed by atoms with Crippen molar-refractivity contribution in [1.82, 2.24) is 9.78 Å². The maximum atomic E-state index is 13.9. The molecule has 1 amide bonds. The first-order valence-corrected chi connectivity index (χ1v) is 8.24. The number of nitrogens with one attached hydrogen (secondary N) is 1. The summed E-state index contributed by atoms with van der Waals surface area (Å²) in [5, 5.41) is 7.44. The Morgan fingerprint density at radius 2 is 1.92 bits per heavy atom. The van der Waals surface area contributed by atoms with Crippen molar-refractivity contribution in [1.29, 1.82) is 0 Å². The number of carbonyl (C=O) groups is 1. The Balaban J connectivity index is 1.81. The fraction of sp³-hybridized carbons (Fsp3) is 0.111. The van der Waals surface area contributed by atoms with Gasteiger partial charge in [0.15, 0.2) is 5.82 Å². The average molecular weight is 378 g/mol. The van der Waals surface area contributed by atoms with E-state index in [2.05, 4.69) is 10.4 Å². The van der Waals surface area contributed by atoms with Crippen LogP contribution in [0, 0.1) is 12.7 Å². The minimum atomic E-state index is -0.426. The molecule has 1 N–H and O–H groups in total. The fourth-order valence-corrected chi connectivity index (χ4v) is 2.83. The van der Waals surface area contributed by atoms with Crippen molar-refractivity contribution in [2.24, 2.45) is 0 Å². The second-order valence-electron chi connectivity index (χ2n) is 5.49. The Bertz CT molecular complexity index is 920. The highest BCUT2D eigenvalue weighted by Gasteiger charge is 2.15. The van der Waals surface area contributed by atoms with Gasteiger partial charge < -0.3 is 5.32 Å². The number of benzene rings is 2. The zero-order valence-electron chi connectivity index (χ0n) is 13.3. The summed E-state index contributed by atoms with van der Waals surface area (Å²) in [6.45, 7) is 1.95. The van der Waals surface area contributed by atoms with Crippen LogP contribution in [-0.4, -0.2) is 15.7 Å². The third-order valence-corrected chi connectivity index (χ3v) is 4.35. The highest BCUT2D eigenvalue weighted by molar-refractivity contribution is 6.33. The van der Waals surface area contributed by atoms with Crippen molar-refractivity contribution >= 4 is 34.9 Å². The molecule has 1 heterocycles. The molecule has 2 aromatic carbocycles. The number of aromatic nitrogens is 2. The number of aryl methyl sites for hydroxylation is 1. The molecule has 0 fully saturated rings. The molecule has 3 aromatic rings. The van der Waals surface area contributed by atoms with Crippen molar-refractivity contribution in [3.63, 3.8) is 0 Å². The van der Waals surface area contributed by atoms with Crippen LogP contribution in [0.3, 0.4) is 0 Å². The third kappa shape index (κ3) is 3.83. The molecule has 128 valence electrons. The van der Waals surface area contributed by atoms with Crippen LogP contribution in [0.2, 0.25) is 10.0 Å². The first-order chi connectivity index (χ1) is 12.0. The van der Waals surface area contributed by atoms with E-state index >= 15 is 0 Å². The molecule has 4 nitrogen and oxygen atoms in total. The second-order valence-corrected chi connectivity index (χ2v) is 6.31. The molecule has 0 unspecified atom stereocenters. The van der Waals surface area contributed by atoms with Gasteiger partial charge in [0.05, 0.1) is 6.54 Å². The number of anilines is 1. The molecule has 1 aromatic heterocycles. The fourth-order valence-electron chi connectivity index (χ4n) is 2.41. The number of carbonyl (C=O) groups excluding carboxylic acids is 1. The predicted octanol–water partition coefficient (Wildman–Crippen LogP) is 4.94. The van der Waals surface area contributed by atoms with Gasteiger partial charge in [-0.1, -0.05) is 47.5 Å². The summed E-state index contributed by atoms with van der Waals surface area (Å²) in [6.07, 6.45) is 1.51.